The van der Waals surface area contributed by atoms with E-state index in [-0.39, 0.29) is 5.82 Å². The van der Waals surface area contributed by atoms with Crippen molar-refractivity contribution in [3.05, 3.63) is 35.6 Å². The van der Waals surface area contributed by atoms with E-state index in [1.165, 1.54) is 25.3 Å². The van der Waals surface area contributed by atoms with Gasteiger partial charge in [-0.1, -0.05) is 12.1 Å². The number of nitrogens with zero attached hydrogens (tertiary/aromatic N) is 1. The zero-order valence-corrected chi connectivity index (χ0v) is 10.1. The molecule has 0 saturated carbocycles. The summed E-state index contributed by atoms with van der Waals surface area (Å²) in [5, 5.41) is 3.49. The van der Waals surface area contributed by atoms with Gasteiger partial charge in [-0.2, -0.15) is 0 Å². The first kappa shape index (κ1) is 11.2. The molecule has 17 heavy (non-hydrogen) atoms. The van der Waals surface area contributed by atoms with Crippen molar-refractivity contribution in [3.8, 4) is 0 Å². The number of benzene rings is 1. The lowest BCUT2D eigenvalue weighted by Crippen LogP contribution is -2.65. The Morgan fingerprint density at radius 3 is 2.94 bits per heavy atom. The van der Waals surface area contributed by atoms with Crippen molar-refractivity contribution < 1.29 is 4.39 Å². The Labute approximate surface area is 102 Å². The molecular formula is C14H19FN2. The maximum Gasteiger partial charge on any atom is 0.123 e. The summed E-state index contributed by atoms with van der Waals surface area (Å²) in [6, 6.07) is 6.99. The van der Waals surface area contributed by atoms with Gasteiger partial charge in [0.1, 0.15) is 5.82 Å². The molecule has 1 N–H and O–H groups in total. The minimum Gasteiger partial charge on any atom is -0.315 e. The van der Waals surface area contributed by atoms with E-state index in [0.717, 1.165) is 31.7 Å². The molecule has 0 bridgehead atoms. The maximum absolute atomic E-state index is 13.1. The van der Waals surface area contributed by atoms with Crippen LogP contribution in [0.5, 0.6) is 0 Å². The molecule has 2 aliphatic heterocycles. The van der Waals surface area contributed by atoms with Crippen LogP contribution in [0.15, 0.2) is 24.3 Å². The van der Waals surface area contributed by atoms with E-state index in [2.05, 4.69) is 10.2 Å². The zero-order chi connectivity index (χ0) is 11.7. The Balaban J connectivity index is 1.69. The number of halogens is 1. The van der Waals surface area contributed by atoms with Crippen molar-refractivity contribution in [2.24, 2.45) is 0 Å². The smallest absolute Gasteiger partial charge is 0.123 e. The van der Waals surface area contributed by atoms with Gasteiger partial charge in [-0.3, -0.25) is 4.90 Å². The second-order valence-electron chi connectivity index (χ2n) is 5.31. The Kier molecular flexibility index (Phi) is 2.89. The van der Waals surface area contributed by atoms with Gasteiger partial charge in [0.15, 0.2) is 0 Å². The Bertz CT molecular complexity index is 399. The molecule has 92 valence electrons. The molecule has 2 heterocycles. The third kappa shape index (κ3) is 2.09. The van der Waals surface area contributed by atoms with Gasteiger partial charge in [0.25, 0.3) is 0 Å². The molecule has 2 aliphatic rings. The van der Waals surface area contributed by atoms with Crippen LogP contribution >= 0.6 is 0 Å². The van der Waals surface area contributed by atoms with Crippen molar-refractivity contribution >= 4 is 0 Å². The van der Waals surface area contributed by atoms with Crippen molar-refractivity contribution in [2.75, 3.05) is 19.6 Å². The van der Waals surface area contributed by atoms with Gasteiger partial charge >= 0.3 is 0 Å². The number of piperidine rings is 1. The van der Waals surface area contributed by atoms with Crippen LogP contribution in [-0.2, 0) is 6.54 Å². The van der Waals surface area contributed by atoms with E-state index in [1.54, 1.807) is 12.1 Å². The summed E-state index contributed by atoms with van der Waals surface area (Å²) < 4.78 is 13.1. The number of hydrogen-bond donors (Lipinski definition) is 1. The van der Waals surface area contributed by atoms with Crippen molar-refractivity contribution in [3.63, 3.8) is 0 Å². The maximum atomic E-state index is 13.1. The highest BCUT2D eigenvalue weighted by Gasteiger charge is 2.44. The molecule has 1 aromatic carbocycles. The summed E-state index contributed by atoms with van der Waals surface area (Å²) in [5.74, 6) is -0.126. The SMILES string of the molecule is Fc1cccc(CN2CC[C@@]23CCCNC3)c1. The predicted molar refractivity (Wildman–Crippen MR) is 66.3 cm³/mol. The van der Waals surface area contributed by atoms with Crippen LogP contribution in [-0.4, -0.2) is 30.1 Å². The Morgan fingerprint density at radius 2 is 2.29 bits per heavy atom. The molecule has 3 rings (SSSR count). The van der Waals surface area contributed by atoms with Crippen LogP contribution in [0.25, 0.3) is 0 Å². The van der Waals surface area contributed by atoms with Gasteiger partial charge < -0.3 is 5.32 Å². The lowest BCUT2D eigenvalue weighted by Gasteiger charge is -2.55. The molecule has 1 aromatic rings. The molecule has 0 unspecified atom stereocenters. The molecule has 0 aromatic heterocycles. The van der Waals surface area contributed by atoms with E-state index < -0.39 is 0 Å². The molecular weight excluding hydrogens is 215 g/mol. The molecule has 2 nitrogen and oxygen atoms in total. The Morgan fingerprint density at radius 1 is 1.35 bits per heavy atom. The van der Waals surface area contributed by atoms with E-state index in [4.69, 9.17) is 0 Å². The van der Waals surface area contributed by atoms with Crippen LogP contribution in [0, 0.1) is 5.82 Å². The third-order valence-electron chi connectivity index (χ3n) is 4.23. The largest absolute Gasteiger partial charge is 0.315 e. The fraction of sp³-hybridized carbons (Fsp3) is 0.571. The summed E-state index contributed by atoms with van der Waals surface area (Å²) in [6.45, 7) is 4.29. The number of rotatable bonds is 2. The molecule has 0 radical (unpaired) electrons. The lowest BCUT2D eigenvalue weighted by atomic mass is 9.78. The lowest BCUT2D eigenvalue weighted by molar-refractivity contribution is -0.0386. The first-order valence-corrected chi connectivity index (χ1v) is 6.49. The molecule has 0 aliphatic carbocycles. The molecule has 2 fully saturated rings. The van der Waals surface area contributed by atoms with Gasteiger partial charge in [0.2, 0.25) is 0 Å². The van der Waals surface area contributed by atoms with Crippen molar-refractivity contribution in [1.29, 1.82) is 0 Å². The number of nitrogens with one attached hydrogen (secondary N) is 1. The number of hydrogen-bond acceptors (Lipinski definition) is 2. The summed E-state index contributed by atoms with van der Waals surface area (Å²) in [7, 11) is 0. The summed E-state index contributed by atoms with van der Waals surface area (Å²) >= 11 is 0. The van der Waals surface area contributed by atoms with Crippen LogP contribution in [0.1, 0.15) is 24.8 Å². The highest BCUT2D eigenvalue weighted by Crippen LogP contribution is 2.37. The van der Waals surface area contributed by atoms with Gasteiger partial charge in [-0.05, 0) is 43.5 Å². The second kappa shape index (κ2) is 4.39. The number of likely N-dealkylation sites (tertiary alicyclic amines) is 1. The fourth-order valence-corrected chi connectivity index (χ4v) is 3.12. The Hall–Kier alpha value is -0.930. The van der Waals surface area contributed by atoms with Crippen LogP contribution in [0.4, 0.5) is 4.39 Å². The van der Waals surface area contributed by atoms with Gasteiger partial charge in [0, 0.05) is 25.2 Å². The predicted octanol–water partition coefficient (Wildman–Crippen LogP) is 2.15. The molecule has 0 amide bonds. The van der Waals surface area contributed by atoms with Crippen LogP contribution in [0.2, 0.25) is 0 Å². The third-order valence-corrected chi connectivity index (χ3v) is 4.23. The average Bonchev–Trinajstić information content (AvgIpc) is 2.36. The zero-order valence-electron chi connectivity index (χ0n) is 10.1. The van der Waals surface area contributed by atoms with E-state index >= 15 is 0 Å². The van der Waals surface area contributed by atoms with E-state index in [0.29, 0.717) is 5.54 Å². The summed E-state index contributed by atoms with van der Waals surface area (Å²) in [6.07, 6.45) is 3.84. The first-order chi connectivity index (χ1) is 8.28. The highest BCUT2D eigenvalue weighted by molar-refractivity contribution is 5.18. The minimum absolute atomic E-state index is 0.126. The molecule has 3 heteroatoms. The second-order valence-corrected chi connectivity index (χ2v) is 5.31. The van der Waals surface area contributed by atoms with Crippen molar-refractivity contribution in [1.82, 2.24) is 10.2 Å². The minimum atomic E-state index is -0.126. The van der Waals surface area contributed by atoms with E-state index in [1.807, 2.05) is 6.07 Å². The monoisotopic (exact) mass is 234 g/mol. The molecule has 1 spiro atoms. The standard InChI is InChI=1S/C14H19FN2/c15-13-4-1-3-12(9-13)10-17-8-6-14(17)5-2-7-16-11-14/h1,3-4,9,16H,2,5-8,10-11H2/t14-/m1/s1. The first-order valence-electron chi connectivity index (χ1n) is 6.49. The van der Waals surface area contributed by atoms with Gasteiger partial charge in [0.05, 0.1) is 0 Å². The quantitative estimate of drug-likeness (QED) is 0.843. The molecule has 2 saturated heterocycles. The topological polar surface area (TPSA) is 15.3 Å². The fourth-order valence-electron chi connectivity index (χ4n) is 3.12. The van der Waals surface area contributed by atoms with Gasteiger partial charge in [-0.25, -0.2) is 4.39 Å². The van der Waals surface area contributed by atoms with Gasteiger partial charge in [-0.15, -0.1) is 0 Å². The summed E-state index contributed by atoms with van der Waals surface area (Å²) in [5.41, 5.74) is 1.46. The highest BCUT2D eigenvalue weighted by atomic mass is 19.1. The average molecular weight is 234 g/mol. The van der Waals surface area contributed by atoms with Crippen molar-refractivity contribution in [2.45, 2.75) is 31.3 Å². The van der Waals surface area contributed by atoms with Crippen LogP contribution in [0.3, 0.4) is 0 Å². The summed E-state index contributed by atoms with van der Waals surface area (Å²) in [4.78, 5) is 2.51. The molecule has 1 atom stereocenters. The normalized spacial score (nSPS) is 29.2. The van der Waals surface area contributed by atoms with Crippen LogP contribution < -0.4 is 5.32 Å². The van der Waals surface area contributed by atoms with E-state index in [9.17, 15) is 4.39 Å².